The summed E-state index contributed by atoms with van der Waals surface area (Å²) in [5.74, 6) is -3.41. The number of imide groups is 1. The zero-order valence-electron chi connectivity index (χ0n) is 18.5. The average molecular weight is 463 g/mol. The van der Waals surface area contributed by atoms with Crippen molar-refractivity contribution in [3.05, 3.63) is 65.8 Å². The van der Waals surface area contributed by atoms with Gasteiger partial charge >= 0.3 is 6.18 Å². The largest absolute Gasteiger partial charge is 0.467 e. The van der Waals surface area contributed by atoms with E-state index in [0.717, 1.165) is 0 Å². The van der Waals surface area contributed by atoms with Crippen LogP contribution in [0, 0.1) is 5.41 Å². The van der Waals surface area contributed by atoms with Gasteiger partial charge in [0.05, 0.1) is 24.1 Å². The van der Waals surface area contributed by atoms with Crippen molar-refractivity contribution in [1.29, 1.82) is 0 Å². The molecule has 0 aliphatic carbocycles. The molecule has 1 fully saturated rings. The smallest absolute Gasteiger partial charge is 0.425 e. The molecule has 3 rings (SSSR count). The lowest BCUT2D eigenvalue weighted by Crippen LogP contribution is -2.66. The summed E-state index contributed by atoms with van der Waals surface area (Å²) in [6.45, 7) is 5.45. The number of halogens is 3. The van der Waals surface area contributed by atoms with Crippen molar-refractivity contribution in [1.82, 2.24) is 10.6 Å². The van der Waals surface area contributed by atoms with Crippen LogP contribution in [-0.4, -0.2) is 29.4 Å². The lowest BCUT2D eigenvalue weighted by Gasteiger charge is -2.34. The predicted molar refractivity (Wildman–Crippen MR) is 114 cm³/mol. The van der Waals surface area contributed by atoms with Gasteiger partial charge in [-0.25, -0.2) is 4.90 Å². The van der Waals surface area contributed by atoms with Gasteiger partial charge in [0.2, 0.25) is 11.4 Å². The first-order valence-electron chi connectivity index (χ1n) is 10.1. The molecule has 33 heavy (non-hydrogen) atoms. The molecule has 1 saturated heterocycles. The SMILES string of the molecule is CC(NCc1ccco1)=C1C(=O)N(c2ccccc2)C(=O)C1(NC(=O)C(C)(C)C)C(F)(F)F. The first-order chi connectivity index (χ1) is 15.3. The highest BCUT2D eigenvalue weighted by atomic mass is 19.4. The molecular formula is C23H24F3N3O4. The molecule has 0 radical (unpaired) electrons. The molecule has 1 aliphatic heterocycles. The molecule has 1 aromatic heterocycles. The number of allylic oxidation sites excluding steroid dienone is 1. The number of anilines is 1. The summed E-state index contributed by atoms with van der Waals surface area (Å²) in [6, 6.07) is 10.5. The highest BCUT2D eigenvalue weighted by Crippen LogP contribution is 2.46. The molecule has 0 bridgehead atoms. The summed E-state index contributed by atoms with van der Waals surface area (Å²) in [7, 11) is 0. The van der Waals surface area contributed by atoms with Gasteiger partial charge in [-0.1, -0.05) is 39.0 Å². The Kier molecular flexibility index (Phi) is 6.14. The summed E-state index contributed by atoms with van der Waals surface area (Å²) in [4.78, 5) is 39.9. The van der Waals surface area contributed by atoms with E-state index in [9.17, 15) is 27.6 Å². The first-order valence-corrected chi connectivity index (χ1v) is 10.1. The Hall–Kier alpha value is -3.56. The van der Waals surface area contributed by atoms with Crippen molar-refractivity contribution in [3.8, 4) is 0 Å². The van der Waals surface area contributed by atoms with Gasteiger partial charge in [-0.15, -0.1) is 0 Å². The minimum Gasteiger partial charge on any atom is -0.467 e. The monoisotopic (exact) mass is 463 g/mol. The number of carbonyl (C=O) groups excluding carboxylic acids is 3. The van der Waals surface area contributed by atoms with Crippen LogP contribution in [0.1, 0.15) is 33.5 Å². The van der Waals surface area contributed by atoms with Crippen LogP contribution in [-0.2, 0) is 20.9 Å². The lowest BCUT2D eigenvalue weighted by atomic mass is 9.86. The minimum atomic E-state index is -5.31. The van der Waals surface area contributed by atoms with Gasteiger partial charge in [-0.2, -0.15) is 13.2 Å². The summed E-state index contributed by atoms with van der Waals surface area (Å²) in [5, 5.41) is 4.60. The molecule has 0 saturated carbocycles. The van der Waals surface area contributed by atoms with Gasteiger partial charge in [-0.3, -0.25) is 14.4 Å². The Balaban J connectivity index is 2.21. The molecule has 0 spiro atoms. The third-order valence-electron chi connectivity index (χ3n) is 5.22. The summed E-state index contributed by atoms with van der Waals surface area (Å²) < 4.78 is 49.3. The Bertz CT molecular complexity index is 1090. The maximum Gasteiger partial charge on any atom is 0.425 e. The number of hydrogen-bond acceptors (Lipinski definition) is 5. The van der Waals surface area contributed by atoms with Crippen LogP contribution in [0.5, 0.6) is 0 Å². The number of nitrogens with zero attached hydrogens (tertiary/aromatic N) is 1. The number of nitrogens with one attached hydrogen (secondary N) is 2. The van der Waals surface area contributed by atoms with Crippen molar-refractivity contribution in [2.75, 3.05) is 4.90 Å². The fourth-order valence-electron chi connectivity index (χ4n) is 3.42. The molecule has 7 nitrogen and oxygen atoms in total. The van der Waals surface area contributed by atoms with Gasteiger partial charge in [0.15, 0.2) is 0 Å². The molecular weight excluding hydrogens is 439 g/mol. The third-order valence-corrected chi connectivity index (χ3v) is 5.22. The van der Waals surface area contributed by atoms with E-state index in [2.05, 4.69) is 5.32 Å². The van der Waals surface area contributed by atoms with Gasteiger partial charge < -0.3 is 15.1 Å². The number of alkyl halides is 3. The van der Waals surface area contributed by atoms with Gasteiger partial charge in [-0.05, 0) is 31.2 Å². The number of para-hydroxylation sites is 1. The van der Waals surface area contributed by atoms with Crippen molar-refractivity contribution in [2.45, 2.75) is 46.0 Å². The molecule has 2 aromatic rings. The van der Waals surface area contributed by atoms with E-state index in [-0.39, 0.29) is 17.9 Å². The molecule has 176 valence electrons. The van der Waals surface area contributed by atoms with Crippen LogP contribution in [0.15, 0.2) is 64.4 Å². The maximum absolute atomic E-state index is 14.7. The minimum absolute atomic E-state index is 0.0315. The Morgan fingerprint density at radius 3 is 2.21 bits per heavy atom. The van der Waals surface area contributed by atoms with Crippen molar-refractivity contribution >= 4 is 23.4 Å². The van der Waals surface area contributed by atoms with Crippen molar-refractivity contribution < 1.29 is 32.0 Å². The standard InChI is InChI=1S/C23H24F3N3O4/c1-14(27-13-16-11-8-12-33-16)17-18(30)29(15-9-6-5-7-10-15)20(32)22(17,23(24,25)26)28-19(31)21(2,3)4/h5-12,27H,13H2,1-4H3,(H,28,31). The third kappa shape index (κ3) is 4.24. The van der Waals surface area contributed by atoms with Gasteiger partial charge in [0, 0.05) is 11.1 Å². The van der Waals surface area contributed by atoms with E-state index in [1.165, 1.54) is 58.2 Å². The topological polar surface area (TPSA) is 91.7 Å². The molecule has 1 aliphatic rings. The number of furan rings is 1. The van der Waals surface area contributed by atoms with E-state index < -0.39 is 40.4 Å². The summed E-state index contributed by atoms with van der Waals surface area (Å²) >= 11 is 0. The number of rotatable bonds is 5. The van der Waals surface area contributed by atoms with Crippen LogP contribution >= 0.6 is 0 Å². The van der Waals surface area contributed by atoms with Crippen LogP contribution in [0.25, 0.3) is 0 Å². The molecule has 1 unspecified atom stereocenters. The van der Waals surface area contributed by atoms with E-state index in [4.69, 9.17) is 4.42 Å². The number of amides is 3. The van der Waals surface area contributed by atoms with E-state index in [0.29, 0.717) is 10.7 Å². The quantitative estimate of drug-likeness (QED) is 0.522. The Morgan fingerprint density at radius 1 is 1.06 bits per heavy atom. The molecule has 10 heteroatoms. The van der Waals surface area contributed by atoms with Crippen LogP contribution in [0.4, 0.5) is 18.9 Å². The maximum atomic E-state index is 14.7. The molecule has 2 heterocycles. The fourth-order valence-corrected chi connectivity index (χ4v) is 3.42. The fraction of sp³-hybridized carbons (Fsp3) is 0.348. The van der Waals surface area contributed by atoms with Crippen LogP contribution in [0.3, 0.4) is 0 Å². The van der Waals surface area contributed by atoms with Gasteiger partial charge in [0.1, 0.15) is 5.76 Å². The molecule has 3 amide bonds. The summed E-state index contributed by atoms with van der Waals surface area (Å²) in [5.41, 5.74) is -5.98. The highest BCUT2D eigenvalue weighted by molar-refractivity contribution is 6.34. The first kappa shape index (κ1) is 24.1. The Labute approximate surface area is 188 Å². The molecule has 2 N–H and O–H groups in total. The second-order valence-electron chi connectivity index (χ2n) is 8.67. The van der Waals surface area contributed by atoms with Gasteiger partial charge in [0.25, 0.3) is 11.8 Å². The van der Waals surface area contributed by atoms with Crippen molar-refractivity contribution in [3.63, 3.8) is 0 Å². The highest BCUT2D eigenvalue weighted by Gasteiger charge is 2.72. The lowest BCUT2D eigenvalue weighted by molar-refractivity contribution is -0.190. The Morgan fingerprint density at radius 2 is 1.70 bits per heavy atom. The van der Waals surface area contributed by atoms with Crippen LogP contribution < -0.4 is 15.5 Å². The zero-order chi connectivity index (χ0) is 24.6. The summed E-state index contributed by atoms with van der Waals surface area (Å²) in [6.07, 6.45) is -3.92. The second kappa shape index (κ2) is 8.42. The van der Waals surface area contributed by atoms with E-state index in [1.807, 2.05) is 5.32 Å². The molecule has 1 atom stereocenters. The van der Waals surface area contributed by atoms with Crippen LogP contribution in [0.2, 0.25) is 0 Å². The van der Waals surface area contributed by atoms with Crippen molar-refractivity contribution in [2.24, 2.45) is 5.41 Å². The van der Waals surface area contributed by atoms with E-state index >= 15 is 0 Å². The number of benzene rings is 1. The average Bonchev–Trinajstić information content (AvgIpc) is 3.31. The number of hydrogen-bond donors (Lipinski definition) is 2. The zero-order valence-corrected chi connectivity index (χ0v) is 18.5. The molecule has 1 aromatic carbocycles. The second-order valence-corrected chi connectivity index (χ2v) is 8.67. The predicted octanol–water partition coefficient (Wildman–Crippen LogP) is 3.68. The normalized spacial score (nSPS) is 20.8. The number of carbonyl (C=O) groups is 3. The van der Waals surface area contributed by atoms with E-state index in [1.54, 1.807) is 18.2 Å².